The van der Waals surface area contributed by atoms with E-state index in [1.807, 2.05) is 0 Å². The molecule has 1 aliphatic carbocycles. The van der Waals surface area contributed by atoms with E-state index >= 15 is 0 Å². The molecule has 1 aromatic rings. The van der Waals surface area contributed by atoms with Crippen LogP contribution in [0.5, 0.6) is 0 Å². The van der Waals surface area contributed by atoms with Gasteiger partial charge in [-0.15, -0.1) is 0 Å². The van der Waals surface area contributed by atoms with Crippen molar-refractivity contribution in [3.8, 4) is 0 Å². The van der Waals surface area contributed by atoms with Gasteiger partial charge in [0.05, 0.1) is 6.42 Å². The van der Waals surface area contributed by atoms with E-state index in [1.54, 1.807) is 12.1 Å². The maximum absolute atomic E-state index is 12.9. The lowest BCUT2D eigenvalue weighted by Gasteiger charge is -2.34. The molecule has 0 saturated heterocycles. The Morgan fingerprint density at radius 3 is 2.57 bits per heavy atom. The number of hydrogen-bond donors (Lipinski definition) is 1. The molecule has 1 amide bonds. The van der Waals surface area contributed by atoms with E-state index < -0.39 is 0 Å². The van der Waals surface area contributed by atoms with Gasteiger partial charge in [0.1, 0.15) is 5.82 Å². The van der Waals surface area contributed by atoms with Gasteiger partial charge in [0.15, 0.2) is 0 Å². The molecule has 1 saturated carbocycles. The SMILES string of the molecule is CN(C)CC1CCCCC1NC(=O)Cc1ccc(F)cc1. The van der Waals surface area contributed by atoms with Crippen LogP contribution in [0.25, 0.3) is 0 Å². The van der Waals surface area contributed by atoms with Gasteiger partial charge in [0.2, 0.25) is 5.91 Å². The van der Waals surface area contributed by atoms with E-state index in [4.69, 9.17) is 0 Å². The standard InChI is InChI=1S/C17H25FN2O/c1-20(2)12-14-5-3-4-6-16(14)19-17(21)11-13-7-9-15(18)10-8-13/h7-10,14,16H,3-6,11-12H2,1-2H3,(H,19,21). The van der Waals surface area contributed by atoms with Crippen LogP contribution in [0.1, 0.15) is 31.2 Å². The van der Waals surface area contributed by atoms with Crippen molar-refractivity contribution in [3.63, 3.8) is 0 Å². The molecule has 2 atom stereocenters. The van der Waals surface area contributed by atoms with E-state index in [2.05, 4.69) is 24.3 Å². The molecule has 0 heterocycles. The molecule has 0 aliphatic heterocycles. The first-order valence-electron chi connectivity index (χ1n) is 7.73. The van der Waals surface area contributed by atoms with Crippen LogP contribution in [-0.4, -0.2) is 37.5 Å². The van der Waals surface area contributed by atoms with Gasteiger partial charge in [-0.1, -0.05) is 25.0 Å². The second kappa shape index (κ2) is 7.55. The zero-order valence-electron chi connectivity index (χ0n) is 12.9. The maximum atomic E-state index is 12.9. The number of carbonyl (C=O) groups excluding carboxylic acids is 1. The van der Waals surface area contributed by atoms with Crippen LogP contribution >= 0.6 is 0 Å². The van der Waals surface area contributed by atoms with E-state index in [-0.39, 0.29) is 17.8 Å². The third kappa shape index (κ3) is 5.12. The van der Waals surface area contributed by atoms with Crippen LogP contribution in [-0.2, 0) is 11.2 Å². The molecule has 2 unspecified atom stereocenters. The van der Waals surface area contributed by atoms with Gasteiger partial charge in [-0.2, -0.15) is 0 Å². The molecule has 1 aliphatic rings. The zero-order valence-corrected chi connectivity index (χ0v) is 12.9. The molecule has 0 radical (unpaired) electrons. The third-order valence-electron chi connectivity index (χ3n) is 4.13. The van der Waals surface area contributed by atoms with E-state index in [0.29, 0.717) is 12.3 Å². The van der Waals surface area contributed by atoms with Gasteiger partial charge in [0.25, 0.3) is 0 Å². The Morgan fingerprint density at radius 2 is 1.90 bits per heavy atom. The van der Waals surface area contributed by atoms with Gasteiger partial charge >= 0.3 is 0 Å². The Kier molecular flexibility index (Phi) is 5.74. The third-order valence-corrected chi connectivity index (χ3v) is 4.13. The normalized spacial score (nSPS) is 22.3. The van der Waals surface area contributed by atoms with Gasteiger partial charge in [-0.05, 0) is 50.6 Å². The van der Waals surface area contributed by atoms with Gasteiger partial charge in [-0.25, -0.2) is 4.39 Å². The number of rotatable bonds is 5. The van der Waals surface area contributed by atoms with Crippen molar-refractivity contribution in [3.05, 3.63) is 35.6 Å². The summed E-state index contributed by atoms with van der Waals surface area (Å²) in [6, 6.07) is 6.42. The highest BCUT2D eigenvalue weighted by Crippen LogP contribution is 2.25. The predicted molar refractivity (Wildman–Crippen MR) is 82.5 cm³/mol. The fourth-order valence-corrected chi connectivity index (χ4v) is 3.13. The zero-order chi connectivity index (χ0) is 15.2. The van der Waals surface area contributed by atoms with E-state index in [1.165, 1.54) is 31.4 Å². The number of amides is 1. The number of carbonyl (C=O) groups is 1. The number of hydrogen-bond acceptors (Lipinski definition) is 2. The molecule has 0 bridgehead atoms. The predicted octanol–water partition coefficient (Wildman–Crippen LogP) is 2.60. The smallest absolute Gasteiger partial charge is 0.224 e. The van der Waals surface area contributed by atoms with Crippen LogP contribution in [0.2, 0.25) is 0 Å². The molecule has 0 spiro atoms. The summed E-state index contributed by atoms with van der Waals surface area (Å²) >= 11 is 0. The molecule has 3 nitrogen and oxygen atoms in total. The summed E-state index contributed by atoms with van der Waals surface area (Å²) in [7, 11) is 4.15. The van der Waals surface area contributed by atoms with Crippen LogP contribution in [0.3, 0.4) is 0 Å². The molecule has 4 heteroatoms. The first-order valence-corrected chi connectivity index (χ1v) is 7.73. The fourth-order valence-electron chi connectivity index (χ4n) is 3.13. The van der Waals surface area contributed by atoms with Crippen LogP contribution in [0.4, 0.5) is 4.39 Å². The first-order chi connectivity index (χ1) is 10.0. The number of nitrogens with zero attached hydrogens (tertiary/aromatic N) is 1. The fraction of sp³-hybridized carbons (Fsp3) is 0.588. The average Bonchev–Trinajstić information content (AvgIpc) is 2.43. The summed E-state index contributed by atoms with van der Waals surface area (Å²) in [6.45, 7) is 1.02. The lowest BCUT2D eigenvalue weighted by atomic mass is 9.84. The quantitative estimate of drug-likeness (QED) is 0.905. The average molecular weight is 292 g/mol. The first kappa shape index (κ1) is 16.0. The van der Waals surface area contributed by atoms with Crippen molar-refractivity contribution in [1.82, 2.24) is 10.2 Å². The van der Waals surface area contributed by atoms with Crippen molar-refractivity contribution in [1.29, 1.82) is 0 Å². The Balaban J connectivity index is 1.89. The van der Waals surface area contributed by atoms with Crippen molar-refractivity contribution < 1.29 is 9.18 Å². The number of benzene rings is 1. The highest BCUT2D eigenvalue weighted by Gasteiger charge is 2.26. The Bertz CT molecular complexity index is 458. The van der Waals surface area contributed by atoms with Crippen molar-refractivity contribution in [2.75, 3.05) is 20.6 Å². The topological polar surface area (TPSA) is 32.3 Å². The lowest BCUT2D eigenvalue weighted by molar-refractivity contribution is -0.121. The summed E-state index contributed by atoms with van der Waals surface area (Å²) in [5, 5.41) is 3.18. The van der Waals surface area contributed by atoms with E-state index in [9.17, 15) is 9.18 Å². The Hall–Kier alpha value is -1.42. The summed E-state index contributed by atoms with van der Waals surface area (Å²) in [4.78, 5) is 14.4. The summed E-state index contributed by atoms with van der Waals surface area (Å²) in [6.07, 6.45) is 5.01. The van der Waals surface area contributed by atoms with E-state index in [0.717, 1.165) is 18.5 Å². The molecule has 0 aromatic heterocycles. The van der Waals surface area contributed by atoms with Crippen LogP contribution in [0.15, 0.2) is 24.3 Å². The molecule has 1 aromatic carbocycles. The van der Waals surface area contributed by atoms with Gasteiger partial charge in [-0.3, -0.25) is 4.79 Å². The maximum Gasteiger partial charge on any atom is 0.224 e. The molecule has 116 valence electrons. The highest BCUT2D eigenvalue weighted by atomic mass is 19.1. The van der Waals surface area contributed by atoms with Crippen LogP contribution < -0.4 is 5.32 Å². The van der Waals surface area contributed by atoms with Crippen LogP contribution in [0, 0.1) is 11.7 Å². The van der Waals surface area contributed by atoms with Gasteiger partial charge in [0, 0.05) is 12.6 Å². The molecule has 21 heavy (non-hydrogen) atoms. The second-order valence-electron chi connectivity index (χ2n) is 6.28. The largest absolute Gasteiger partial charge is 0.353 e. The Labute approximate surface area is 126 Å². The molecular weight excluding hydrogens is 267 g/mol. The Morgan fingerprint density at radius 1 is 1.24 bits per heavy atom. The minimum atomic E-state index is -0.266. The highest BCUT2D eigenvalue weighted by molar-refractivity contribution is 5.78. The molecule has 2 rings (SSSR count). The van der Waals surface area contributed by atoms with Crippen molar-refractivity contribution >= 4 is 5.91 Å². The minimum Gasteiger partial charge on any atom is -0.353 e. The molecular formula is C17H25FN2O. The van der Waals surface area contributed by atoms with Crippen molar-refractivity contribution in [2.24, 2.45) is 5.92 Å². The summed E-state index contributed by atoms with van der Waals surface area (Å²) < 4.78 is 12.9. The monoisotopic (exact) mass is 292 g/mol. The van der Waals surface area contributed by atoms with Crippen molar-refractivity contribution in [2.45, 2.75) is 38.1 Å². The number of halogens is 1. The minimum absolute atomic E-state index is 0.0391. The van der Waals surface area contributed by atoms with Gasteiger partial charge < -0.3 is 10.2 Å². The molecule has 1 fully saturated rings. The molecule has 1 N–H and O–H groups in total. The number of nitrogens with one attached hydrogen (secondary N) is 1. The summed E-state index contributed by atoms with van der Waals surface area (Å²) in [5.74, 6) is 0.306. The summed E-state index contributed by atoms with van der Waals surface area (Å²) in [5.41, 5.74) is 0.855. The second-order valence-corrected chi connectivity index (χ2v) is 6.28. The lowest BCUT2D eigenvalue weighted by Crippen LogP contribution is -2.45.